The number of rotatable bonds is 3. The maximum Gasteiger partial charge on any atom is 0.158 e. The van der Waals surface area contributed by atoms with Crippen LogP contribution in [0.25, 0.3) is 11.1 Å². The first-order chi connectivity index (χ1) is 11.9. The zero-order chi connectivity index (χ0) is 19.3. The Kier molecular flexibility index (Phi) is 5.45. The van der Waals surface area contributed by atoms with Gasteiger partial charge < -0.3 is 0 Å². The fraction of sp³-hybridized carbons (Fsp3) is 0. The van der Waals surface area contributed by atoms with Crippen LogP contribution < -0.4 is 0 Å². The quantitative estimate of drug-likeness (QED) is 0.178. The average molecular weight is 408 g/mol. The predicted octanol–water partition coefficient (Wildman–Crippen LogP) is 7.97. The third kappa shape index (κ3) is 9.49. The Labute approximate surface area is 151 Å². The van der Waals surface area contributed by atoms with Gasteiger partial charge in [0.1, 0.15) is 0 Å². The molecule has 8 heteroatoms. The molecule has 0 aliphatic carbocycles. The molecule has 0 aliphatic heterocycles. The van der Waals surface area contributed by atoms with Crippen molar-refractivity contribution in [3.8, 4) is 11.1 Å². The minimum Gasteiger partial charge on any atom is -0.0622 e. The van der Waals surface area contributed by atoms with Crippen LogP contribution in [0.4, 0.5) is 25.2 Å². The van der Waals surface area contributed by atoms with E-state index in [1.54, 1.807) is 0 Å². The maximum atomic E-state index is 9.87. The summed E-state index contributed by atoms with van der Waals surface area (Å²) < 4.78 is 59.2. The van der Waals surface area contributed by atoms with E-state index in [-0.39, 0.29) is 0 Å². The summed E-state index contributed by atoms with van der Waals surface area (Å²) in [6.45, 7) is 0. The average Bonchev–Trinajstić information content (AvgIpc) is 2.54. The van der Waals surface area contributed by atoms with Crippen molar-refractivity contribution in [3.63, 3.8) is 0 Å². The molecule has 0 saturated carbocycles. The Hall–Kier alpha value is -1.98. The molecule has 0 fully saturated rings. The van der Waals surface area contributed by atoms with E-state index >= 15 is 0 Å². The summed E-state index contributed by atoms with van der Waals surface area (Å²) in [7, 11) is -10.7. The molecule has 0 amide bonds. The molecule has 0 spiro atoms. The molecule has 26 heavy (non-hydrogen) atoms. The van der Waals surface area contributed by atoms with E-state index in [0.717, 1.165) is 0 Å². The van der Waals surface area contributed by atoms with Crippen LogP contribution in [-0.4, -0.2) is 0 Å². The van der Waals surface area contributed by atoms with Crippen molar-refractivity contribution in [2.45, 2.75) is 9.79 Å². The van der Waals surface area contributed by atoms with Crippen molar-refractivity contribution < 1.29 is 25.2 Å². The van der Waals surface area contributed by atoms with Gasteiger partial charge in [0.15, 0.2) is 9.79 Å². The Bertz CT molecular complexity index is 821. The van der Waals surface area contributed by atoms with Crippen molar-refractivity contribution in [2.24, 2.45) is 0 Å². The number of hydrogen-bond acceptors (Lipinski definition) is 0. The Balaban J connectivity index is 0.000000298. The molecule has 140 valence electrons. The third-order valence-electron chi connectivity index (χ3n) is 2.99. The second-order valence-corrected chi connectivity index (χ2v) is 8.49. The van der Waals surface area contributed by atoms with Gasteiger partial charge in [0.2, 0.25) is 0 Å². The Morgan fingerprint density at radius 1 is 0.462 bits per heavy atom. The van der Waals surface area contributed by atoms with Crippen molar-refractivity contribution in [1.29, 1.82) is 0 Å². The monoisotopic (exact) mass is 408 g/mol. The standard InChI is InChI=1S/C18H14S.F6P/c1-3-7-15(8-4-1)16-11-13-18(14-12-16)19-17-9-5-2-6-10-17;1-7(2,3,4,5)6/h1-14H;/q;-1/p+1. The molecule has 0 unspecified atom stereocenters. The number of hydrogen-bond donors (Lipinski definition) is 0. The van der Waals surface area contributed by atoms with Gasteiger partial charge in [0.25, 0.3) is 0 Å². The van der Waals surface area contributed by atoms with Crippen molar-refractivity contribution in [2.75, 3.05) is 0 Å². The van der Waals surface area contributed by atoms with Gasteiger partial charge in [-0.3, -0.25) is 0 Å². The van der Waals surface area contributed by atoms with Crippen LogP contribution >= 0.6 is 7.81 Å². The molecule has 3 rings (SSSR count). The largest absolute Gasteiger partial charge is 0.158 e. The van der Waals surface area contributed by atoms with E-state index in [9.17, 15) is 25.2 Å². The first-order valence-electron chi connectivity index (χ1n) is 7.35. The van der Waals surface area contributed by atoms with Gasteiger partial charge in [-0.2, -0.15) is 0 Å². The van der Waals surface area contributed by atoms with Gasteiger partial charge in [-0.15, -0.1) is 0 Å². The molecule has 0 aromatic heterocycles. The van der Waals surface area contributed by atoms with E-state index in [2.05, 4.69) is 78.9 Å². The van der Waals surface area contributed by atoms with Crippen LogP contribution in [0, 0.1) is 0 Å². The summed E-state index contributed by atoms with van der Waals surface area (Å²) in [4.78, 5) is 2.65. The number of benzene rings is 3. The second-order valence-electron chi connectivity index (χ2n) is 5.32. The van der Waals surface area contributed by atoms with Gasteiger partial charge >= 0.3 is 33.0 Å². The Morgan fingerprint density at radius 3 is 1.27 bits per heavy atom. The summed E-state index contributed by atoms with van der Waals surface area (Å²) in [6.07, 6.45) is 0. The molecule has 0 radical (unpaired) electrons. The molecule has 0 saturated heterocycles. The fourth-order valence-electron chi connectivity index (χ4n) is 2.01. The molecule has 3 aromatic carbocycles. The normalized spacial score (nSPS) is 13.8. The molecule has 0 aliphatic rings. The first kappa shape index (κ1) is 20.3. The minimum atomic E-state index is -10.7. The van der Waals surface area contributed by atoms with E-state index < -0.39 is 7.81 Å². The van der Waals surface area contributed by atoms with Gasteiger partial charge in [0, 0.05) is 11.8 Å². The molecule has 0 heterocycles. The third-order valence-corrected chi connectivity index (χ3v) is 4.10. The zero-order valence-electron chi connectivity index (χ0n) is 13.2. The smallest absolute Gasteiger partial charge is 0.0622 e. The number of thiol groups is 1. The topological polar surface area (TPSA) is 0 Å². The van der Waals surface area contributed by atoms with E-state index in [1.165, 1.54) is 32.7 Å². The van der Waals surface area contributed by atoms with Crippen LogP contribution in [0.5, 0.6) is 0 Å². The van der Waals surface area contributed by atoms with Crippen LogP contribution in [0.2, 0.25) is 0 Å². The van der Waals surface area contributed by atoms with E-state index in [4.69, 9.17) is 0 Å². The first-order valence-corrected chi connectivity index (χ1v) is 10.3. The van der Waals surface area contributed by atoms with Crippen molar-refractivity contribution in [3.05, 3.63) is 84.9 Å². The number of halogens is 6. The fourth-order valence-corrected chi connectivity index (χ4v) is 2.93. The van der Waals surface area contributed by atoms with Crippen LogP contribution in [-0.2, 0) is 11.8 Å². The van der Waals surface area contributed by atoms with Crippen LogP contribution in [0.3, 0.4) is 0 Å². The van der Waals surface area contributed by atoms with Gasteiger partial charge in [-0.25, -0.2) is 0 Å². The summed E-state index contributed by atoms with van der Waals surface area (Å²) in [5, 5.41) is 0. The van der Waals surface area contributed by atoms with E-state index in [1.807, 2.05) is 6.07 Å². The molecule has 0 nitrogen and oxygen atoms in total. The molecular weight excluding hydrogens is 393 g/mol. The van der Waals surface area contributed by atoms with Gasteiger partial charge in [-0.05, 0) is 47.5 Å². The van der Waals surface area contributed by atoms with E-state index in [0.29, 0.717) is 0 Å². The molecule has 0 bridgehead atoms. The molecular formula is C18H15F6PS. The van der Waals surface area contributed by atoms with Crippen LogP contribution in [0.15, 0.2) is 94.7 Å². The molecule has 0 N–H and O–H groups in total. The van der Waals surface area contributed by atoms with Crippen molar-refractivity contribution >= 4 is 19.6 Å². The van der Waals surface area contributed by atoms with Gasteiger partial charge in [0.05, 0.1) is 0 Å². The summed E-state index contributed by atoms with van der Waals surface area (Å²) in [5.74, 6) is 0. The molecule has 0 atom stereocenters. The summed E-state index contributed by atoms with van der Waals surface area (Å²) in [6, 6.07) is 29.8. The minimum absolute atomic E-state index is 1.26. The Morgan fingerprint density at radius 2 is 0.808 bits per heavy atom. The molecule has 3 aromatic rings. The maximum absolute atomic E-state index is 10.7. The summed E-state index contributed by atoms with van der Waals surface area (Å²) in [5.41, 5.74) is 2.54. The predicted molar refractivity (Wildman–Crippen MR) is 97.2 cm³/mol. The van der Waals surface area contributed by atoms with Crippen LogP contribution in [0.1, 0.15) is 0 Å². The van der Waals surface area contributed by atoms with Crippen molar-refractivity contribution in [1.82, 2.24) is 0 Å². The van der Waals surface area contributed by atoms with Gasteiger partial charge in [-0.1, -0.05) is 48.5 Å². The zero-order valence-corrected chi connectivity index (χ0v) is 15.0. The summed E-state index contributed by atoms with van der Waals surface area (Å²) >= 11 is 1.26. The SMILES string of the molecule is F[P-](F)(F)(F)(F)F.c1ccc([SH+]c2ccc(-c3ccccc3)cc2)cc1. The second kappa shape index (κ2) is 6.97.